The van der Waals surface area contributed by atoms with E-state index >= 15 is 0 Å². The average molecular weight is 934 g/mol. The molecule has 3 aliphatic rings. The van der Waals surface area contributed by atoms with Crippen molar-refractivity contribution in [3.05, 3.63) is 140 Å². The molecule has 12 heteroatoms. The van der Waals surface area contributed by atoms with Crippen LogP contribution in [-0.4, -0.2) is 40.0 Å². The Hall–Kier alpha value is -4.13. The van der Waals surface area contributed by atoms with Gasteiger partial charge in [-0.05, 0) is 63.6 Å². The van der Waals surface area contributed by atoms with E-state index in [2.05, 4.69) is 61.4 Å². The summed E-state index contributed by atoms with van der Waals surface area (Å²) in [7, 11) is 4.00. The summed E-state index contributed by atoms with van der Waals surface area (Å²) >= 11 is 0. The van der Waals surface area contributed by atoms with Gasteiger partial charge in [-0.1, -0.05) is 48.5 Å². The van der Waals surface area contributed by atoms with Crippen molar-refractivity contribution in [3.8, 4) is 11.5 Å². The number of likely N-dealkylation sites (N-methyl/N-ethyl adjacent to an activating group) is 1. The van der Waals surface area contributed by atoms with Crippen LogP contribution in [-0.2, 0) is 29.4 Å². The Morgan fingerprint density at radius 3 is 2.14 bits per heavy atom. The molecular formula is C38H36N4O6UV. The monoisotopic (exact) mass is 933 g/mol. The number of fused-ring (bicyclic) bond motifs is 3. The zero-order chi connectivity index (χ0) is 34.6. The number of nitrogens with zero attached hydrogens (tertiary/aromatic N) is 4. The van der Waals surface area contributed by atoms with Crippen LogP contribution in [0.4, 0.5) is 22.7 Å². The number of allylic oxidation sites excluding steroid dienone is 1. The Balaban J connectivity index is 0.000000216. The van der Waals surface area contributed by atoms with E-state index < -0.39 is 10.6 Å². The number of nitro benzene ring substituents is 2. The molecule has 0 saturated heterocycles. The molecule has 0 aromatic heterocycles. The molecule has 4 aromatic carbocycles. The second-order valence-electron chi connectivity index (χ2n) is 13.2. The maximum absolute atomic E-state index is 11.6. The first-order chi connectivity index (χ1) is 22.7. The number of ether oxygens (including phenoxy) is 1. The summed E-state index contributed by atoms with van der Waals surface area (Å²) in [5.41, 5.74) is 5.63. The average Bonchev–Trinajstić information content (AvgIpc) is 3.35. The summed E-state index contributed by atoms with van der Waals surface area (Å²) in [5.74, 6) is 0.420. The van der Waals surface area contributed by atoms with Crippen LogP contribution in [0.25, 0.3) is 12.2 Å². The summed E-state index contributed by atoms with van der Waals surface area (Å²) in [6.45, 7) is 8.56. The topological polar surface area (TPSA) is 125 Å². The van der Waals surface area contributed by atoms with Gasteiger partial charge in [-0.15, -0.1) is 5.75 Å². The van der Waals surface area contributed by atoms with Crippen molar-refractivity contribution in [2.45, 2.75) is 44.2 Å². The molecule has 1 atom stereocenters. The van der Waals surface area contributed by atoms with Gasteiger partial charge in [-0.2, -0.15) is 4.58 Å². The number of non-ortho nitro benzene ring substituents is 1. The maximum Gasteiger partial charge on any atom is 0.276 e. The van der Waals surface area contributed by atoms with Gasteiger partial charge in [0, 0.05) is 104 Å². The largest absolute Gasteiger partial charge is 0.872 e. The summed E-state index contributed by atoms with van der Waals surface area (Å²) in [4.78, 5) is 23.4. The third-order valence-electron chi connectivity index (χ3n) is 9.85. The van der Waals surface area contributed by atoms with Gasteiger partial charge in [-0.25, -0.2) is 0 Å². The van der Waals surface area contributed by atoms with Crippen LogP contribution in [0.2, 0.25) is 0 Å². The summed E-state index contributed by atoms with van der Waals surface area (Å²) in [6, 6.07) is 24.9. The van der Waals surface area contributed by atoms with E-state index in [-0.39, 0.29) is 82.5 Å². The van der Waals surface area contributed by atoms with E-state index in [0.29, 0.717) is 11.3 Å². The first-order valence-electron chi connectivity index (χ1n) is 15.5. The molecule has 4 aromatic rings. The minimum atomic E-state index is -0.653. The van der Waals surface area contributed by atoms with Gasteiger partial charge in [0.2, 0.25) is 11.4 Å². The molecule has 0 saturated carbocycles. The van der Waals surface area contributed by atoms with Crippen LogP contribution in [0, 0.1) is 51.3 Å². The van der Waals surface area contributed by atoms with Crippen LogP contribution in [0.5, 0.6) is 11.5 Å². The second-order valence-corrected chi connectivity index (χ2v) is 13.2. The van der Waals surface area contributed by atoms with Gasteiger partial charge in [0.05, 0.1) is 26.2 Å². The Labute approximate surface area is 326 Å². The number of anilines is 1. The van der Waals surface area contributed by atoms with Crippen molar-refractivity contribution < 1.29 is 73.9 Å². The molecule has 10 nitrogen and oxygen atoms in total. The van der Waals surface area contributed by atoms with Gasteiger partial charge >= 0.3 is 0 Å². The number of benzene rings is 4. The number of para-hydroxylation sites is 2. The van der Waals surface area contributed by atoms with Crippen molar-refractivity contribution in [1.82, 2.24) is 0 Å². The first kappa shape index (κ1) is 38.7. The Morgan fingerprint density at radius 2 is 1.50 bits per heavy atom. The molecule has 0 aliphatic carbocycles. The fraction of sp³-hybridized carbons (Fsp3) is 0.237. The summed E-state index contributed by atoms with van der Waals surface area (Å²) < 4.78 is 8.52. The first-order valence-corrected chi connectivity index (χ1v) is 15.5. The minimum Gasteiger partial charge on any atom is -0.872 e. The van der Waals surface area contributed by atoms with E-state index in [0.717, 1.165) is 22.6 Å². The van der Waals surface area contributed by atoms with Crippen molar-refractivity contribution in [2.24, 2.45) is 0 Å². The van der Waals surface area contributed by atoms with Crippen LogP contribution < -0.4 is 14.7 Å². The van der Waals surface area contributed by atoms with E-state index in [4.69, 9.17) is 4.74 Å². The zero-order valence-electron chi connectivity index (χ0n) is 28.6. The fourth-order valence-corrected chi connectivity index (χ4v) is 7.18. The Morgan fingerprint density at radius 1 is 0.840 bits per heavy atom. The predicted molar refractivity (Wildman–Crippen MR) is 185 cm³/mol. The molecule has 0 bridgehead atoms. The minimum absolute atomic E-state index is 0. The van der Waals surface area contributed by atoms with Crippen molar-refractivity contribution in [1.29, 1.82) is 0 Å². The molecule has 1 spiro atoms. The van der Waals surface area contributed by atoms with Crippen molar-refractivity contribution >= 4 is 40.6 Å². The number of nitro groups is 2. The second kappa shape index (κ2) is 14.2. The normalized spacial score (nSPS) is 18.6. The molecule has 3 heterocycles. The zero-order valence-corrected chi connectivity index (χ0v) is 34.1. The van der Waals surface area contributed by atoms with E-state index in [1.54, 1.807) is 18.2 Å². The van der Waals surface area contributed by atoms with Gasteiger partial charge in [-0.3, -0.25) is 20.2 Å². The van der Waals surface area contributed by atoms with Crippen LogP contribution in [0.1, 0.15) is 49.9 Å². The smallest absolute Gasteiger partial charge is 0.276 e. The SMILES string of the molecule is CN1c2ccccc2C(C)(C)C12C=Cc1cc([N+](=O)[O-])ccc1O2.C[N+]1=C(/C=C/c2cc([O-])ccc2[N+](=O)[O-])C(C)(C)c2ccccc21.[U].[V]. The molecule has 0 fully saturated rings. The summed E-state index contributed by atoms with van der Waals surface area (Å²) in [5, 5.41) is 33.7. The van der Waals surface area contributed by atoms with E-state index in [1.807, 2.05) is 56.6 Å². The van der Waals surface area contributed by atoms with Crippen molar-refractivity contribution in [3.63, 3.8) is 0 Å². The van der Waals surface area contributed by atoms with Gasteiger partial charge in [0.15, 0.2) is 5.71 Å². The number of rotatable bonds is 4. The van der Waals surface area contributed by atoms with Gasteiger partial charge in [0.1, 0.15) is 12.8 Å². The fourth-order valence-electron chi connectivity index (χ4n) is 7.18. The van der Waals surface area contributed by atoms with Gasteiger partial charge < -0.3 is 14.7 Å². The summed E-state index contributed by atoms with van der Waals surface area (Å²) in [6.07, 6.45) is 7.45. The number of hydrogen-bond donors (Lipinski definition) is 0. The molecule has 1 radical (unpaired) electrons. The molecule has 3 aliphatic heterocycles. The molecule has 0 N–H and O–H groups in total. The molecule has 0 amide bonds. The van der Waals surface area contributed by atoms with Gasteiger partial charge in [0.25, 0.3) is 11.4 Å². The third kappa shape index (κ3) is 6.33. The number of hydrogen-bond acceptors (Lipinski definition) is 7. The molecule has 7 rings (SSSR count). The predicted octanol–water partition coefficient (Wildman–Crippen LogP) is 7.51. The van der Waals surface area contributed by atoms with E-state index in [9.17, 15) is 25.3 Å². The van der Waals surface area contributed by atoms with Crippen molar-refractivity contribution in [2.75, 3.05) is 19.0 Å². The molecular weight excluding hydrogens is 897 g/mol. The maximum atomic E-state index is 11.6. The van der Waals surface area contributed by atoms with Crippen LogP contribution in [0.3, 0.4) is 0 Å². The standard InChI is InChI=1S/2C19H18N2O3.U.V/c1-18(2)15-6-4-5-7-16(15)20(3)19(18)11-10-13-12-14(21(22)23)8-9-17(13)24-19;1-19(2)15-6-4-5-7-17(15)20(3)18(19)11-8-13-12-14(22)9-10-16(13)21(23)24;;/h2*4-12H,1-3H3;;/b;11-8+;;. The molecule has 253 valence electrons. The Kier molecular flexibility index (Phi) is 11.0. The van der Waals surface area contributed by atoms with Crippen LogP contribution >= 0.6 is 0 Å². The third-order valence-corrected chi connectivity index (χ3v) is 9.85. The van der Waals surface area contributed by atoms with E-state index in [1.165, 1.54) is 35.4 Å². The van der Waals surface area contributed by atoms with Crippen LogP contribution in [0.15, 0.2) is 97.1 Å². The quantitative estimate of drug-likeness (QED) is 0.118. The molecule has 50 heavy (non-hydrogen) atoms. The molecule has 1 unspecified atom stereocenters. The Bertz CT molecular complexity index is 2090.